The number of nitrogens with one attached hydrogen (secondary N) is 1. The van der Waals surface area contributed by atoms with Crippen molar-refractivity contribution in [1.82, 2.24) is 5.32 Å². The largest absolute Gasteiger partial charge is 0.497 e. The standard InChI is InChI=1S/C22H28N2O3/c1-15(21-18-6-4-5-7-19(18)22(26-3)27-21)20-14-23-12-13-24(20)16-8-10-17(25-2)11-9-16/h4-11,15,20-23H,12-14H2,1-3H3. The van der Waals surface area contributed by atoms with Crippen molar-refractivity contribution < 1.29 is 14.2 Å². The SMILES string of the molecule is COc1ccc(N2CCNCC2C(C)C2OC(OC)c3ccccc32)cc1. The summed E-state index contributed by atoms with van der Waals surface area (Å²) in [5.74, 6) is 1.19. The van der Waals surface area contributed by atoms with Gasteiger partial charge >= 0.3 is 0 Å². The lowest BCUT2D eigenvalue weighted by molar-refractivity contribution is -0.156. The van der Waals surface area contributed by atoms with Crippen LogP contribution in [0.3, 0.4) is 0 Å². The Balaban J connectivity index is 1.60. The van der Waals surface area contributed by atoms with Gasteiger partial charge in [0.1, 0.15) is 5.75 Å². The minimum absolute atomic E-state index is 0.0248. The highest BCUT2D eigenvalue weighted by atomic mass is 16.7. The zero-order valence-corrected chi connectivity index (χ0v) is 16.2. The topological polar surface area (TPSA) is 43.0 Å². The molecule has 5 nitrogen and oxygen atoms in total. The summed E-state index contributed by atoms with van der Waals surface area (Å²) >= 11 is 0. The van der Waals surface area contributed by atoms with Crippen LogP contribution in [0, 0.1) is 5.92 Å². The maximum Gasteiger partial charge on any atom is 0.184 e. The number of hydrogen-bond acceptors (Lipinski definition) is 5. The van der Waals surface area contributed by atoms with Crippen LogP contribution in [0.25, 0.3) is 0 Å². The monoisotopic (exact) mass is 368 g/mol. The van der Waals surface area contributed by atoms with E-state index in [1.165, 1.54) is 11.3 Å². The number of ether oxygens (including phenoxy) is 3. The molecule has 0 bridgehead atoms. The average Bonchev–Trinajstić information content (AvgIpc) is 3.12. The van der Waals surface area contributed by atoms with Gasteiger partial charge in [-0.2, -0.15) is 0 Å². The lowest BCUT2D eigenvalue weighted by Gasteiger charge is -2.43. The highest BCUT2D eigenvalue weighted by Crippen LogP contribution is 2.45. The minimum Gasteiger partial charge on any atom is -0.497 e. The van der Waals surface area contributed by atoms with Crippen molar-refractivity contribution in [3.8, 4) is 5.75 Å². The molecule has 144 valence electrons. The first-order valence-corrected chi connectivity index (χ1v) is 9.61. The Morgan fingerprint density at radius 2 is 1.81 bits per heavy atom. The van der Waals surface area contributed by atoms with Crippen LogP contribution < -0.4 is 15.0 Å². The first-order valence-electron chi connectivity index (χ1n) is 9.61. The molecule has 0 radical (unpaired) electrons. The second kappa shape index (κ2) is 7.89. The second-order valence-electron chi connectivity index (χ2n) is 7.28. The molecule has 5 heteroatoms. The average molecular weight is 368 g/mol. The van der Waals surface area contributed by atoms with Gasteiger partial charge in [0.05, 0.1) is 13.2 Å². The van der Waals surface area contributed by atoms with E-state index in [4.69, 9.17) is 14.2 Å². The summed E-state index contributed by atoms with van der Waals surface area (Å²) in [6, 6.07) is 17.1. The van der Waals surface area contributed by atoms with E-state index in [1.54, 1.807) is 14.2 Å². The molecular weight excluding hydrogens is 340 g/mol. The number of benzene rings is 2. The molecule has 4 rings (SSSR count). The van der Waals surface area contributed by atoms with Crippen LogP contribution in [0.5, 0.6) is 5.75 Å². The summed E-state index contributed by atoms with van der Waals surface area (Å²) in [5.41, 5.74) is 3.62. The quantitative estimate of drug-likeness (QED) is 0.875. The molecule has 0 aliphatic carbocycles. The van der Waals surface area contributed by atoms with Crippen LogP contribution in [-0.4, -0.2) is 39.9 Å². The Morgan fingerprint density at radius 1 is 1.07 bits per heavy atom. The van der Waals surface area contributed by atoms with E-state index in [0.717, 1.165) is 30.9 Å². The van der Waals surface area contributed by atoms with Crippen molar-refractivity contribution in [1.29, 1.82) is 0 Å². The molecule has 0 spiro atoms. The van der Waals surface area contributed by atoms with Crippen LogP contribution in [0.4, 0.5) is 5.69 Å². The molecule has 0 saturated carbocycles. The zero-order valence-electron chi connectivity index (χ0n) is 16.2. The Morgan fingerprint density at radius 3 is 2.52 bits per heavy atom. The van der Waals surface area contributed by atoms with Gasteiger partial charge in [-0.15, -0.1) is 0 Å². The van der Waals surface area contributed by atoms with E-state index < -0.39 is 0 Å². The fourth-order valence-electron chi connectivity index (χ4n) is 4.35. The van der Waals surface area contributed by atoms with E-state index in [9.17, 15) is 0 Å². The fraction of sp³-hybridized carbons (Fsp3) is 0.455. The van der Waals surface area contributed by atoms with Gasteiger partial charge in [-0.05, 0) is 29.8 Å². The lowest BCUT2D eigenvalue weighted by atomic mass is 9.88. The molecule has 1 N–H and O–H groups in total. The van der Waals surface area contributed by atoms with Crippen LogP contribution in [0.15, 0.2) is 48.5 Å². The van der Waals surface area contributed by atoms with Gasteiger partial charge in [0, 0.05) is 50.0 Å². The third-order valence-electron chi connectivity index (χ3n) is 5.81. The van der Waals surface area contributed by atoms with E-state index in [2.05, 4.69) is 47.5 Å². The molecule has 1 fully saturated rings. The van der Waals surface area contributed by atoms with E-state index in [0.29, 0.717) is 12.0 Å². The van der Waals surface area contributed by atoms with Crippen molar-refractivity contribution >= 4 is 5.69 Å². The maximum atomic E-state index is 6.32. The van der Waals surface area contributed by atoms with Crippen molar-refractivity contribution in [3.05, 3.63) is 59.7 Å². The number of anilines is 1. The molecule has 2 aliphatic rings. The molecule has 1 saturated heterocycles. The molecular formula is C22H28N2O3. The lowest BCUT2D eigenvalue weighted by Crippen LogP contribution is -2.55. The Labute approximate surface area is 161 Å². The van der Waals surface area contributed by atoms with Gasteiger partial charge in [-0.3, -0.25) is 0 Å². The molecule has 4 unspecified atom stereocenters. The predicted molar refractivity (Wildman–Crippen MR) is 106 cm³/mol. The van der Waals surface area contributed by atoms with E-state index in [1.807, 2.05) is 18.2 Å². The number of methoxy groups -OCH3 is 2. The van der Waals surface area contributed by atoms with Crippen molar-refractivity contribution in [2.45, 2.75) is 25.4 Å². The number of fused-ring (bicyclic) bond motifs is 1. The number of nitrogens with zero attached hydrogens (tertiary/aromatic N) is 1. The smallest absolute Gasteiger partial charge is 0.184 e. The Hall–Kier alpha value is -2.08. The summed E-state index contributed by atoms with van der Waals surface area (Å²) in [6.45, 7) is 5.18. The summed E-state index contributed by atoms with van der Waals surface area (Å²) in [5, 5.41) is 3.56. The summed E-state index contributed by atoms with van der Waals surface area (Å²) in [7, 11) is 3.41. The Bertz CT molecular complexity index is 764. The van der Waals surface area contributed by atoms with Crippen LogP contribution in [0.1, 0.15) is 30.4 Å². The third-order valence-corrected chi connectivity index (χ3v) is 5.81. The van der Waals surface area contributed by atoms with Gasteiger partial charge in [0.25, 0.3) is 0 Å². The first kappa shape index (κ1) is 18.3. The highest BCUT2D eigenvalue weighted by Gasteiger charge is 2.40. The van der Waals surface area contributed by atoms with Crippen LogP contribution in [0.2, 0.25) is 0 Å². The summed E-state index contributed by atoms with van der Waals surface area (Å²) < 4.78 is 17.2. The van der Waals surface area contributed by atoms with Gasteiger partial charge in [-0.1, -0.05) is 31.2 Å². The molecule has 2 heterocycles. The number of hydrogen-bond donors (Lipinski definition) is 1. The molecule has 27 heavy (non-hydrogen) atoms. The summed E-state index contributed by atoms with van der Waals surface area (Å²) in [4.78, 5) is 2.49. The predicted octanol–water partition coefficient (Wildman–Crippen LogP) is 3.53. The van der Waals surface area contributed by atoms with Gasteiger partial charge in [-0.25, -0.2) is 0 Å². The maximum absolute atomic E-state index is 6.32. The van der Waals surface area contributed by atoms with Crippen LogP contribution in [-0.2, 0) is 9.47 Å². The van der Waals surface area contributed by atoms with Gasteiger partial charge in [0.2, 0.25) is 0 Å². The molecule has 0 amide bonds. The van der Waals surface area contributed by atoms with Gasteiger partial charge in [0.15, 0.2) is 6.29 Å². The molecule has 4 atom stereocenters. The molecule has 2 aliphatic heterocycles. The minimum atomic E-state index is -0.278. The first-order chi connectivity index (χ1) is 13.2. The highest BCUT2D eigenvalue weighted by molar-refractivity contribution is 5.51. The second-order valence-corrected chi connectivity index (χ2v) is 7.28. The zero-order chi connectivity index (χ0) is 18.8. The van der Waals surface area contributed by atoms with Crippen LogP contribution >= 0.6 is 0 Å². The normalized spacial score (nSPS) is 25.9. The molecule has 0 aromatic heterocycles. The third kappa shape index (κ3) is 3.43. The molecule has 2 aromatic carbocycles. The van der Waals surface area contributed by atoms with Crippen molar-refractivity contribution in [2.24, 2.45) is 5.92 Å². The molecule has 2 aromatic rings. The number of piperazine rings is 1. The van der Waals surface area contributed by atoms with Crippen molar-refractivity contribution in [3.63, 3.8) is 0 Å². The van der Waals surface area contributed by atoms with E-state index >= 15 is 0 Å². The van der Waals surface area contributed by atoms with E-state index in [-0.39, 0.29) is 12.4 Å². The fourth-order valence-corrected chi connectivity index (χ4v) is 4.35. The van der Waals surface area contributed by atoms with Gasteiger partial charge < -0.3 is 24.4 Å². The Kier molecular flexibility index (Phi) is 5.34. The number of rotatable bonds is 5. The van der Waals surface area contributed by atoms with Crippen molar-refractivity contribution in [2.75, 3.05) is 38.8 Å². The summed E-state index contributed by atoms with van der Waals surface area (Å²) in [6.07, 6.45) is -0.253.